The Bertz CT molecular complexity index is 691. The molecule has 0 aliphatic carbocycles. The Labute approximate surface area is 113 Å². The van der Waals surface area contributed by atoms with E-state index in [4.69, 9.17) is 5.41 Å². The lowest BCUT2D eigenvalue weighted by molar-refractivity contribution is -0.0868. The molecule has 1 atom stereocenters. The van der Waals surface area contributed by atoms with E-state index in [1.165, 1.54) is 6.92 Å². The Morgan fingerprint density at radius 1 is 1.47 bits per heavy atom. The van der Waals surface area contributed by atoms with Gasteiger partial charge in [-0.05, 0) is 13.0 Å². The highest BCUT2D eigenvalue weighted by molar-refractivity contribution is 9.47. The van der Waals surface area contributed by atoms with E-state index in [1.54, 1.807) is 0 Å². The van der Waals surface area contributed by atoms with Gasteiger partial charge in [0.2, 0.25) is 0 Å². The number of alkyl halides is 3. The van der Waals surface area contributed by atoms with E-state index in [-0.39, 0.29) is 0 Å². The Morgan fingerprint density at radius 2 is 2.05 bits per heavy atom. The molecule has 0 fully saturated rings. The third-order valence-electron chi connectivity index (χ3n) is 2.42. The number of fused-ring (bicyclic) bond motifs is 1. The van der Waals surface area contributed by atoms with E-state index in [2.05, 4.69) is 24.9 Å². The van der Waals surface area contributed by atoms with Crippen LogP contribution in [0.3, 0.4) is 0 Å². The van der Waals surface area contributed by atoms with Crippen molar-refractivity contribution in [1.82, 2.24) is 14.8 Å². The van der Waals surface area contributed by atoms with Gasteiger partial charge in [-0.25, -0.2) is 13.1 Å². The van der Waals surface area contributed by atoms with Gasteiger partial charge in [0, 0.05) is 0 Å². The number of hydrogen-bond acceptors (Lipinski definition) is 5. The molecular formula is C8H6BrF3N4O2S. The van der Waals surface area contributed by atoms with Gasteiger partial charge in [0.15, 0.2) is 5.82 Å². The molecule has 0 bridgehead atoms. The summed E-state index contributed by atoms with van der Waals surface area (Å²) >= 11 is 2.33. The first-order chi connectivity index (χ1) is 8.51. The molecular weight excluding hydrogens is 353 g/mol. The molecule has 104 valence electrons. The molecule has 1 aromatic heterocycles. The number of allylic oxidation sites excluding steroid dienone is 2. The lowest BCUT2D eigenvalue weighted by Crippen LogP contribution is -2.29. The average Bonchev–Trinajstić information content (AvgIpc) is 2.66. The third-order valence-corrected chi connectivity index (χ3v) is 3.90. The van der Waals surface area contributed by atoms with Crippen LogP contribution in [0, 0.1) is 5.41 Å². The topological polar surface area (TPSA) is 88.7 Å². The van der Waals surface area contributed by atoms with Gasteiger partial charge in [-0.3, -0.25) is 5.41 Å². The summed E-state index contributed by atoms with van der Waals surface area (Å²) in [5, 5.41) is 10.4. The van der Waals surface area contributed by atoms with Crippen molar-refractivity contribution in [2.75, 3.05) is 0 Å². The summed E-state index contributed by atoms with van der Waals surface area (Å²) in [6.45, 7) is 1.39. The summed E-state index contributed by atoms with van der Waals surface area (Å²) in [5.74, 6) is -0.430. The standard InChI is InChI=1S/C8H6BrF3N4O2S/c1-3-2-4(8(10,11)12)5(13)6-14-7(15-16(3)6)19(9,17)18/h2-3,13H,1H3. The second-order valence-corrected chi connectivity index (χ2v) is 7.59. The molecule has 0 saturated heterocycles. The third kappa shape index (κ3) is 2.43. The number of hydrogen-bond donors (Lipinski definition) is 1. The molecule has 2 heterocycles. The zero-order valence-corrected chi connectivity index (χ0v) is 11.6. The van der Waals surface area contributed by atoms with Crippen molar-refractivity contribution in [3.63, 3.8) is 0 Å². The summed E-state index contributed by atoms with van der Waals surface area (Å²) < 4.78 is 61.5. The lowest BCUT2D eigenvalue weighted by atomic mass is 10.0. The Morgan fingerprint density at radius 3 is 2.53 bits per heavy atom. The van der Waals surface area contributed by atoms with E-state index in [1.807, 2.05) is 0 Å². The van der Waals surface area contributed by atoms with Crippen molar-refractivity contribution in [3.8, 4) is 0 Å². The van der Waals surface area contributed by atoms with Crippen molar-refractivity contribution in [2.24, 2.45) is 0 Å². The van der Waals surface area contributed by atoms with Crippen LogP contribution in [-0.4, -0.2) is 35.1 Å². The first-order valence-electron chi connectivity index (χ1n) is 4.81. The van der Waals surface area contributed by atoms with Crippen LogP contribution in [0.25, 0.3) is 0 Å². The summed E-state index contributed by atoms with van der Waals surface area (Å²) in [7, 11) is -3.93. The van der Waals surface area contributed by atoms with Crippen LogP contribution in [0.1, 0.15) is 18.8 Å². The zero-order valence-electron chi connectivity index (χ0n) is 9.23. The maximum absolute atomic E-state index is 12.7. The predicted octanol–water partition coefficient (Wildman–Crippen LogP) is 1.79. The second kappa shape index (κ2) is 4.13. The fourth-order valence-corrected chi connectivity index (χ4v) is 2.41. The highest BCUT2D eigenvalue weighted by Gasteiger charge is 2.42. The number of nitrogens with one attached hydrogen (secondary N) is 1. The predicted molar refractivity (Wildman–Crippen MR) is 61.8 cm³/mol. The maximum atomic E-state index is 12.7. The summed E-state index contributed by atoms with van der Waals surface area (Å²) in [5.41, 5.74) is -2.06. The van der Waals surface area contributed by atoms with Crippen LogP contribution in [0.4, 0.5) is 13.2 Å². The second-order valence-electron chi connectivity index (χ2n) is 3.79. The van der Waals surface area contributed by atoms with Gasteiger partial charge in [-0.1, -0.05) is 0 Å². The molecule has 0 saturated carbocycles. The van der Waals surface area contributed by atoms with Crippen LogP contribution in [0.15, 0.2) is 16.8 Å². The van der Waals surface area contributed by atoms with Gasteiger partial charge in [0.05, 0.1) is 26.4 Å². The van der Waals surface area contributed by atoms with Gasteiger partial charge >= 0.3 is 6.18 Å². The molecule has 0 radical (unpaired) electrons. The van der Waals surface area contributed by atoms with E-state index >= 15 is 0 Å². The largest absolute Gasteiger partial charge is 0.418 e. The minimum atomic E-state index is -4.70. The van der Waals surface area contributed by atoms with Crippen molar-refractivity contribution >= 4 is 28.8 Å². The Kier molecular flexibility index (Phi) is 3.08. The molecule has 1 N–H and O–H groups in total. The van der Waals surface area contributed by atoms with E-state index < -0.39 is 42.8 Å². The first kappa shape index (κ1) is 14.2. The molecule has 1 unspecified atom stereocenters. The summed E-state index contributed by atoms with van der Waals surface area (Å²) in [6.07, 6.45) is -3.90. The van der Waals surface area contributed by atoms with Crippen LogP contribution in [-0.2, 0) is 8.27 Å². The molecule has 6 nitrogen and oxygen atoms in total. The number of rotatable bonds is 1. The van der Waals surface area contributed by atoms with Gasteiger partial charge < -0.3 is 0 Å². The average molecular weight is 359 g/mol. The van der Waals surface area contributed by atoms with Crippen LogP contribution >= 0.6 is 14.8 Å². The van der Waals surface area contributed by atoms with Crippen LogP contribution < -0.4 is 0 Å². The fourth-order valence-electron chi connectivity index (χ4n) is 1.61. The van der Waals surface area contributed by atoms with Gasteiger partial charge in [-0.15, -0.1) is 5.10 Å². The lowest BCUT2D eigenvalue weighted by Gasteiger charge is -2.21. The van der Waals surface area contributed by atoms with Crippen LogP contribution in [0.2, 0.25) is 0 Å². The molecule has 1 aliphatic rings. The monoisotopic (exact) mass is 358 g/mol. The van der Waals surface area contributed by atoms with Gasteiger partial charge in [0.25, 0.3) is 13.4 Å². The quantitative estimate of drug-likeness (QED) is 0.775. The van der Waals surface area contributed by atoms with Crippen molar-refractivity contribution in [2.45, 2.75) is 24.3 Å². The minimum Gasteiger partial charge on any atom is -0.296 e. The highest BCUT2D eigenvalue weighted by atomic mass is 79.9. The normalized spacial score (nSPS) is 20.2. The molecule has 0 spiro atoms. The molecule has 2 rings (SSSR count). The Hall–Kier alpha value is -1.23. The first-order valence-corrected chi connectivity index (χ1v) is 8.14. The van der Waals surface area contributed by atoms with E-state index in [0.29, 0.717) is 0 Å². The molecule has 1 aromatic rings. The summed E-state index contributed by atoms with van der Waals surface area (Å²) in [4.78, 5) is 3.47. The molecule has 0 aromatic carbocycles. The van der Waals surface area contributed by atoms with E-state index in [9.17, 15) is 21.6 Å². The molecule has 1 aliphatic heterocycles. The summed E-state index contributed by atoms with van der Waals surface area (Å²) in [6, 6.07) is -0.851. The molecule has 0 amide bonds. The molecule has 19 heavy (non-hydrogen) atoms. The smallest absolute Gasteiger partial charge is 0.296 e. The highest BCUT2D eigenvalue weighted by Crippen LogP contribution is 2.34. The Balaban J connectivity index is 2.59. The van der Waals surface area contributed by atoms with Crippen molar-refractivity contribution < 1.29 is 21.6 Å². The number of nitrogens with zero attached hydrogens (tertiary/aromatic N) is 3. The minimum absolute atomic E-state index is 0.430. The van der Waals surface area contributed by atoms with Crippen molar-refractivity contribution in [1.29, 1.82) is 5.41 Å². The number of aromatic nitrogens is 3. The van der Waals surface area contributed by atoms with Gasteiger partial charge in [-0.2, -0.15) is 18.2 Å². The fraction of sp³-hybridized carbons (Fsp3) is 0.375. The maximum Gasteiger partial charge on any atom is 0.418 e. The van der Waals surface area contributed by atoms with Gasteiger partial charge in [0.1, 0.15) is 5.71 Å². The van der Waals surface area contributed by atoms with E-state index in [0.717, 1.165) is 10.8 Å². The van der Waals surface area contributed by atoms with Crippen molar-refractivity contribution in [3.05, 3.63) is 17.5 Å². The zero-order chi connectivity index (χ0) is 14.6. The SMILES string of the molecule is CC1C=C(C(F)(F)F)C(=N)c2nc(S(=O)(=O)Br)nn21. The molecule has 11 heteroatoms. The number of halogens is 4. The van der Waals surface area contributed by atoms with Crippen LogP contribution in [0.5, 0.6) is 0 Å².